The molecule has 0 saturated heterocycles. The minimum Gasteiger partial charge on any atom is -0.249 e. The van der Waals surface area contributed by atoms with Crippen LogP contribution in [0, 0.1) is 0 Å². The van der Waals surface area contributed by atoms with E-state index in [4.69, 9.17) is 0 Å². The fourth-order valence-electron chi connectivity index (χ4n) is 4.53. The van der Waals surface area contributed by atoms with Crippen LogP contribution in [0.3, 0.4) is 0 Å². The molecule has 30 heavy (non-hydrogen) atoms. The normalized spacial score (nSPS) is 14.6. The van der Waals surface area contributed by atoms with Gasteiger partial charge >= 0.3 is 0 Å². The topological polar surface area (TPSA) is 12.4 Å². The number of para-hydroxylation sites is 1. The first-order chi connectivity index (χ1) is 14.8. The molecule has 0 atom stereocenters. The Bertz CT molecular complexity index is 1410. The zero-order valence-electron chi connectivity index (χ0n) is 17.1. The van der Waals surface area contributed by atoms with Gasteiger partial charge in [-0.15, -0.1) is 0 Å². The Morgan fingerprint density at radius 1 is 0.700 bits per heavy atom. The van der Waals surface area contributed by atoms with Gasteiger partial charge < -0.3 is 0 Å². The summed E-state index contributed by atoms with van der Waals surface area (Å²) in [5.74, 6) is 0. The second kappa shape index (κ2) is 8.12. The van der Waals surface area contributed by atoms with Gasteiger partial charge in [-0.05, 0) is 70.5 Å². The lowest BCUT2D eigenvalue weighted by Gasteiger charge is -2.18. The van der Waals surface area contributed by atoms with Crippen molar-refractivity contribution in [1.29, 1.82) is 0 Å². The summed E-state index contributed by atoms with van der Waals surface area (Å²) in [7, 11) is 0. The van der Waals surface area contributed by atoms with Crippen molar-refractivity contribution in [1.82, 2.24) is 0 Å². The molecule has 0 amide bonds. The Kier molecular flexibility index (Phi) is 5.03. The Morgan fingerprint density at radius 3 is 2.47 bits per heavy atom. The maximum absolute atomic E-state index is 4.33. The summed E-state index contributed by atoms with van der Waals surface area (Å²) in [6.07, 6.45) is 11.1. The Morgan fingerprint density at radius 2 is 1.50 bits per heavy atom. The van der Waals surface area contributed by atoms with Gasteiger partial charge in [-0.2, -0.15) is 0 Å². The summed E-state index contributed by atoms with van der Waals surface area (Å²) in [5, 5.41) is 7.78. The monoisotopic (exact) mass is 387 g/mol. The van der Waals surface area contributed by atoms with Crippen LogP contribution in [-0.4, -0.2) is 0 Å². The molecule has 4 aromatic rings. The number of hydrogen-bond acceptors (Lipinski definition) is 1. The summed E-state index contributed by atoms with van der Waals surface area (Å²) in [4.78, 5) is 4.33. The molecule has 1 nitrogen and oxygen atoms in total. The molecule has 0 spiro atoms. The van der Waals surface area contributed by atoms with Gasteiger partial charge in [-0.3, -0.25) is 0 Å². The summed E-state index contributed by atoms with van der Waals surface area (Å²) in [6.45, 7) is 3.80. The van der Waals surface area contributed by atoms with E-state index in [9.17, 15) is 0 Å². The molecule has 1 heteroatoms. The lowest BCUT2D eigenvalue weighted by atomic mass is 9.86. The zero-order chi connectivity index (χ0) is 20.3. The van der Waals surface area contributed by atoms with Gasteiger partial charge in [0.05, 0.1) is 11.1 Å². The predicted molar refractivity (Wildman–Crippen MR) is 128 cm³/mol. The van der Waals surface area contributed by atoms with Crippen LogP contribution in [0.5, 0.6) is 0 Å². The second-order valence-corrected chi connectivity index (χ2v) is 7.98. The maximum atomic E-state index is 4.33. The highest BCUT2D eigenvalue weighted by Gasteiger charge is 2.13. The van der Waals surface area contributed by atoms with E-state index in [0.29, 0.717) is 0 Å². The van der Waals surface area contributed by atoms with Crippen LogP contribution in [0.25, 0.3) is 27.6 Å². The van der Waals surface area contributed by atoms with Crippen LogP contribution in [0.2, 0.25) is 0 Å². The third-order valence-corrected chi connectivity index (χ3v) is 6.02. The molecular formula is C29H25N. The van der Waals surface area contributed by atoms with Crippen molar-refractivity contribution in [2.75, 3.05) is 0 Å². The predicted octanol–water partition coefficient (Wildman–Crippen LogP) is 6.04. The number of nitrogens with zero attached hydrogens (tertiary/aromatic N) is 1. The highest BCUT2D eigenvalue weighted by Crippen LogP contribution is 2.33. The molecule has 1 aliphatic carbocycles. The van der Waals surface area contributed by atoms with Crippen molar-refractivity contribution in [2.45, 2.75) is 25.7 Å². The van der Waals surface area contributed by atoms with E-state index in [1.807, 2.05) is 42.5 Å². The number of fused-ring (bicyclic) bond motifs is 6. The Hall–Kier alpha value is -3.45. The first-order valence-electron chi connectivity index (χ1n) is 10.7. The molecule has 0 saturated carbocycles. The largest absolute Gasteiger partial charge is 0.249 e. The number of hydrogen-bond donors (Lipinski definition) is 0. The van der Waals surface area contributed by atoms with Crippen LogP contribution in [0.15, 0.2) is 102 Å². The van der Waals surface area contributed by atoms with E-state index < -0.39 is 0 Å². The van der Waals surface area contributed by atoms with E-state index in [-0.39, 0.29) is 0 Å². The van der Waals surface area contributed by atoms with Crippen LogP contribution in [0.1, 0.15) is 24.0 Å². The summed E-state index contributed by atoms with van der Waals surface area (Å²) >= 11 is 0. The highest BCUT2D eigenvalue weighted by molar-refractivity contribution is 6.08. The van der Waals surface area contributed by atoms with E-state index in [2.05, 4.69) is 60.1 Å². The standard InChI is InChI=1S/C18H16.C11H9N/c1-3-7-15-13(5-1)9-11-18-16-8-4-2-6-14(16)10-12-17(15)18;1-9-5-4-7-10-6-2-3-8-11(10)12-9/h1,3,5,7,9-12H,2,4,6,8H2;2-8H,1H2. The van der Waals surface area contributed by atoms with Crippen molar-refractivity contribution in [3.63, 3.8) is 0 Å². The SMILES string of the molecule is C=C1C=CC=c2ccccc2=N1.c1ccc2c(c1)ccc1c3c(ccc12)CCCC3. The molecule has 2 aliphatic rings. The average Bonchev–Trinajstić information content (AvgIpc) is 2.99. The molecule has 4 aromatic carbocycles. The van der Waals surface area contributed by atoms with Crippen molar-refractivity contribution in [2.24, 2.45) is 4.99 Å². The number of aryl methyl sites for hydroxylation is 2. The zero-order valence-corrected chi connectivity index (χ0v) is 17.1. The molecule has 0 radical (unpaired) electrons. The van der Waals surface area contributed by atoms with Crippen LogP contribution >= 0.6 is 0 Å². The summed E-state index contributed by atoms with van der Waals surface area (Å²) < 4.78 is 0. The molecular weight excluding hydrogens is 362 g/mol. The molecule has 0 unspecified atom stereocenters. The van der Waals surface area contributed by atoms with Gasteiger partial charge in [-0.25, -0.2) is 4.99 Å². The minimum absolute atomic E-state index is 0.802. The van der Waals surface area contributed by atoms with E-state index in [1.165, 1.54) is 47.2 Å². The highest BCUT2D eigenvalue weighted by atomic mass is 14.7. The van der Waals surface area contributed by atoms with Crippen molar-refractivity contribution in [3.05, 3.63) is 119 Å². The molecule has 1 aliphatic heterocycles. The summed E-state index contributed by atoms with van der Waals surface area (Å²) in [6, 6.07) is 26.0. The molecule has 0 N–H and O–H groups in total. The van der Waals surface area contributed by atoms with Crippen LogP contribution in [-0.2, 0) is 12.8 Å². The second-order valence-electron chi connectivity index (χ2n) is 7.98. The van der Waals surface area contributed by atoms with Gasteiger partial charge in [0.25, 0.3) is 0 Å². The molecule has 1 heterocycles. The molecule has 146 valence electrons. The summed E-state index contributed by atoms with van der Waals surface area (Å²) in [5.41, 5.74) is 3.98. The first kappa shape index (κ1) is 18.6. The molecule has 0 bridgehead atoms. The number of rotatable bonds is 0. The fourth-order valence-corrected chi connectivity index (χ4v) is 4.53. The maximum Gasteiger partial charge on any atom is 0.0708 e. The first-order valence-corrected chi connectivity index (χ1v) is 10.7. The quantitative estimate of drug-likeness (QED) is 0.326. The molecule has 0 fully saturated rings. The number of benzene rings is 4. The fraction of sp³-hybridized carbons (Fsp3) is 0.138. The van der Waals surface area contributed by atoms with Crippen molar-refractivity contribution in [3.8, 4) is 0 Å². The van der Waals surface area contributed by atoms with Crippen molar-refractivity contribution < 1.29 is 0 Å². The van der Waals surface area contributed by atoms with Crippen LogP contribution in [0.4, 0.5) is 0 Å². The Balaban J connectivity index is 0.000000140. The average molecular weight is 388 g/mol. The lowest BCUT2D eigenvalue weighted by molar-refractivity contribution is 0.690. The van der Waals surface area contributed by atoms with Gasteiger partial charge in [0.1, 0.15) is 0 Å². The van der Waals surface area contributed by atoms with Gasteiger partial charge in [0.2, 0.25) is 0 Å². The minimum atomic E-state index is 0.802. The van der Waals surface area contributed by atoms with E-state index in [1.54, 1.807) is 11.1 Å². The van der Waals surface area contributed by atoms with Gasteiger partial charge in [0.15, 0.2) is 0 Å². The third-order valence-electron chi connectivity index (χ3n) is 6.02. The van der Waals surface area contributed by atoms with Gasteiger partial charge in [-0.1, -0.05) is 85.5 Å². The molecule has 0 aromatic heterocycles. The molecule has 6 rings (SSSR count). The number of allylic oxidation sites excluding steroid dienone is 2. The third kappa shape index (κ3) is 3.59. The van der Waals surface area contributed by atoms with Gasteiger partial charge in [0, 0.05) is 5.22 Å². The van der Waals surface area contributed by atoms with E-state index >= 15 is 0 Å². The van der Waals surface area contributed by atoms with Crippen LogP contribution < -0.4 is 10.6 Å². The smallest absolute Gasteiger partial charge is 0.0708 e. The Labute approximate surface area is 177 Å². The van der Waals surface area contributed by atoms with E-state index in [0.717, 1.165) is 16.3 Å². The van der Waals surface area contributed by atoms with Crippen molar-refractivity contribution >= 4 is 27.6 Å². The lowest BCUT2D eigenvalue weighted by Crippen LogP contribution is -2.22.